The zero-order valence-electron chi connectivity index (χ0n) is 9.61. The SMILES string of the molecule is Nc1ccc(-c2cccc(C(F)(F)F)c2)c(C=O)n1. The number of nitrogen functional groups attached to an aromatic ring is 1. The van der Waals surface area contributed by atoms with Crippen molar-refractivity contribution in [3.8, 4) is 11.1 Å². The van der Waals surface area contributed by atoms with Gasteiger partial charge in [-0.3, -0.25) is 4.79 Å². The lowest BCUT2D eigenvalue weighted by atomic mass is 10.0. The Labute approximate surface area is 106 Å². The molecule has 0 amide bonds. The summed E-state index contributed by atoms with van der Waals surface area (Å²) < 4.78 is 37.9. The fourth-order valence-electron chi connectivity index (χ4n) is 1.69. The summed E-state index contributed by atoms with van der Waals surface area (Å²) in [5.74, 6) is 0.137. The van der Waals surface area contributed by atoms with Crippen LogP contribution < -0.4 is 5.73 Å². The molecule has 1 heterocycles. The molecule has 2 aromatic rings. The highest BCUT2D eigenvalue weighted by molar-refractivity contribution is 5.86. The topological polar surface area (TPSA) is 56.0 Å². The molecule has 2 rings (SSSR count). The first-order valence-electron chi connectivity index (χ1n) is 5.31. The van der Waals surface area contributed by atoms with Crippen molar-refractivity contribution in [1.29, 1.82) is 0 Å². The molecule has 0 aliphatic carbocycles. The number of pyridine rings is 1. The normalized spacial score (nSPS) is 11.3. The number of benzene rings is 1. The summed E-state index contributed by atoms with van der Waals surface area (Å²) in [6, 6.07) is 7.61. The summed E-state index contributed by atoms with van der Waals surface area (Å²) in [5, 5.41) is 0. The van der Waals surface area contributed by atoms with Gasteiger partial charge in [0.2, 0.25) is 0 Å². The van der Waals surface area contributed by atoms with Gasteiger partial charge in [0.1, 0.15) is 11.5 Å². The van der Waals surface area contributed by atoms with Crippen LogP contribution >= 0.6 is 0 Å². The number of halogens is 3. The number of alkyl halides is 3. The van der Waals surface area contributed by atoms with Crippen molar-refractivity contribution < 1.29 is 18.0 Å². The van der Waals surface area contributed by atoms with E-state index in [0.717, 1.165) is 12.1 Å². The number of nitrogens with zero attached hydrogens (tertiary/aromatic N) is 1. The molecule has 2 N–H and O–H groups in total. The largest absolute Gasteiger partial charge is 0.416 e. The molecule has 0 bridgehead atoms. The van der Waals surface area contributed by atoms with Crippen molar-refractivity contribution in [3.63, 3.8) is 0 Å². The third-order valence-corrected chi connectivity index (χ3v) is 2.56. The summed E-state index contributed by atoms with van der Waals surface area (Å²) in [5.41, 5.74) is 5.25. The van der Waals surface area contributed by atoms with Crippen LogP contribution in [0.1, 0.15) is 16.1 Å². The average Bonchev–Trinajstić information content (AvgIpc) is 2.37. The van der Waals surface area contributed by atoms with Gasteiger partial charge in [0.25, 0.3) is 0 Å². The molecule has 0 unspecified atom stereocenters. The van der Waals surface area contributed by atoms with Gasteiger partial charge in [0.05, 0.1) is 5.56 Å². The minimum Gasteiger partial charge on any atom is -0.384 e. The number of hydrogen-bond donors (Lipinski definition) is 1. The number of nitrogens with two attached hydrogens (primary N) is 1. The van der Waals surface area contributed by atoms with Crippen LogP contribution in [-0.4, -0.2) is 11.3 Å². The van der Waals surface area contributed by atoms with E-state index in [9.17, 15) is 18.0 Å². The Morgan fingerprint density at radius 3 is 2.53 bits per heavy atom. The number of aromatic nitrogens is 1. The zero-order chi connectivity index (χ0) is 14.0. The van der Waals surface area contributed by atoms with Gasteiger partial charge in [0.15, 0.2) is 6.29 Å². The van der Waals surface area contributed by atoms with E-state index in [4.69, 9.17) is 5.73 Å². The standard InChI is InChI=1S/C13H9F3N2O/c14-13(15,16)9-3-1-2-8(6-9)10-4-5-12(17)18-11(10)7-19/h1-7H,(H2,17,18). The Morgan fingerprint density at radius 2 is 1.89 bits per heavy atom. The molecule has 19 heavy (non-hydrogen) atoms. The van der Waals surface area contributed by atoms with Gasteiger partial charge >= 0.3 is 6.18 Å². The van der Waals surface area contributed by atoms with Crippen molar-refractivity contribution in [2.75, 3.05) is 5.73 Å². The van der Waals surface area contributed by atoms with Crippen LogP contribution in [0.2, 0.25) is 0 Å². The Hall–Kier alpha value is -2.37. The summed E-state index contributed by atoms with van der Waals surface area (Å²) in [6.45, 7) is 0. The molecule has 0 saturated heterocycles. The lowest BCUT2D eigenvalue weighted by molar-refractivity contribution is -0.137. The van der Waals surface area contributed by atoms with Crippen LogP contribution in [-0.2, 0) is 6.18 Å². The van der Waals surface area contributed by atoms with Crippen molar-refractivity contribution in [2.24, 2.45) is 0 Å². The van der Waals surface area contributed by atoms with E-state index in [0.29, 0.717) is 11.8 Å². The quantitative estimate of drug-likeness (QED) is 0.849. The number of hydrogen-bond acceptors (Lipinski definition) is 3. The molecule has 1 aromatic carbocycles. The molecule has 0 aliphatic heterocycles. The second-order valence-corrected chi connectivity index (χ2v) is 3.87. The molecule has 1 aromatic heterocycles. The van der Waals surface area contributed by atoms with Crippen LogP contribution in [0.3, 0.4) is 0 Å². The molecule has 0 radical (unpaired) electrons. The highest BCUT2D eigenvalue weighted by Crippen LogP contribution is 2.32. The Morgan fingerprint density at radius 1 is 1.16 bits per heavy atom. The maximum atomic E-state index is 12.6. The predicted molar refractivity (Wildman–Crippen MR) is 64.5 cm³/mol. The monoisotopic (exact) mass is 266 g/mol. The fraction of sp³-hybridized carbons (Fsp3) is 0.0769. The van der Waals surface area contributed by atoms with E-state index in [2.05, 4.69) is 4.98 Å². The second kappa shape index (κ2) is 4.72. The first-order chi connectivity index (χ1) is 8.91. The number of aldehydes is 1. The fourth-order valence-corrected chi connectivity index (χ4v) is 1.69. The lowest BCUT2D eigenvalue weighted by Crippen LogP contribution is -2.05. The summed E-state index contributed by atoms with van der Waals surface area (Å²) in [4.78, 5) is 14.7. The minimum absolute atomic E-state index is 0.0133. The highest BCUT2D eigenvalue weighted by Gasteiger charge is 2.30. The van der Waals surface area contributed by atoms with E-state index in [1.165, 1.54) is 24.3 Å². The van der Waals surface area contributed by atoms with E-state index < -0.39 is 11.7 Å². The van der Waals surface area contributed by atoms with Gasteiger partial charge in [-0.2, -0.15) is 13.2 Å². The predicted octanol–water partition coefficient (Wildman–Crippen LogP) is 3.16. The van der Waals surface area contributed by atoms with Gasteiger partial charge in [-0.1, -0.05) is 12.1 Å². The maximum absolute atomic E-state index is 12.6. The maximum Gasteiger partial charge on any atom is 0.416 e. The summed E-state index contributed by atoms with van der Waals surface area (Å²) >= 11 is 0. The van der Waals surface area contributed by atoms with Crippen molar-refractivity contribution in [2.45, 2.75) is 6.18 Å². The Balaban J connectivity index is 2.56. The number of rotatable bonds is 2. The Bertz CT molecular complexity index is 624. The van der Waals surface area contributed by atoms with Gasteiger partial charge in [-0.15, -0.1) is 0 Å². The lowest BCUT2D eigenvalue weighted by Gasteiger charge is -2.10. The van der Waals surface area contributed by atoms with Gasteiger partial charge in [-0.05, 0) is 29.8 Å². The van der Waals surface area contributed by atoms with E-state index in [-0.39, 0.29) is 17.1 Å². The average molecular weight is 266 g/mol. The van der Waals surface area contributed by atoms with Crippen LogP contribution in [0.4, 0.5) is 19.0 Å². The minimum atomic E-state index is -4.43. The number of anilines is 1. The van der Waals surface area contributed by atoms with Crippen LogP contribution in [0.15, 0.2) is 36.4 Å². The molecule has 0 saturated carbocycles. The van der Waals surface area contributed by atoms with Gasteiger partial charge in [-0.25, -0.2) is 4.98 Å². The molecular weight excluding hydrogens is 257 g/mol. The van der Waals surface area contributed by atoms with E-state index in [1.54, 1.807) is 0 Å². The molecule has 0 fully saturated rings. The third-order valence-electron chi connectivity index (χ3n) is 2.56. The van der Waals surface area contributed by atoms with Gasteiger partial charge in [0, 0.05) is 5.56 Å². The second-order valence-electron chi connectivity index (χ2n) is 3.87. The molecule has 3 nitrogen and oxygen atoms in total. The molecular formula is C13H9F3N2O. The third kappa shape index (κ3) is 2.73. The summed E-state index contributed by atoms with van der Waals surface area (Å²) in [6.07, 6.45) is -3.97. The molecule has 0 aliphatic rings. The molecule has 98 valence electrons. The Kier molecular flexibility index (Phi) is 3.25. The van der Waals surface area contributed by atoms with Crippen LogP contribution in [0, 0.1) is 0 Å². The first kappa shape index (κ1) is 13.1. The van der Waals surface area contributed by atoms with E-state index in [1.807, 2.05) is 0 Å². The summed E-state index contributed by atoms with van der Waals surface area (Å²) in [7, 11) is 0. The van der Waals surface area contributed by atoms with Crippen molar-refractivity contribution >= 4 is 12.1 Å². The highest BCUT2D eigenvalue weighted by atomic mass is 19.4. The zero-order valence-corrected chi connectivity index (χ0v) is 9.61. The molecule has 6 heteroatoms. The van der Waals surface area contributed by atoms with E-state index >= 15 is 0 Å². The smallest absolute Gasteiger partial charge is 0.384 e. The number of carbonyl (C=O) groups is 1. The van der Waals surface area contributed by atoms with Crippen molar-refractivity contribution in [1.82, 2.24) is 4.98 Å². The first-order valence-corrected chi connectivity index (χ1v) is 5.31. The van der Waals surface area contributed by atoms with Gasteiger partial charge < -0.3 is 5.73 Å². The van der Waals surface area contributed by atoms with Crippen LogP contribution in [0.5, 0.6) is 0 Å². The molecule has 0 spiro atoms. The van der Waals surface area contributed by atoms with Crippen molar-refractivity contribution in [3.05, 3.63) is 47.7 Å². The molecule has 0 atom stereocenters. The number of carbonyl (C=O) groups excluding carboxylic acids is 1. The van der Waals surface area contributed by atoms with Crippen LogP contribution in [0.25, 0.3) is 11.1 Å².